The molecule has 0 bridgehead atoms. The molecule has 11 aromatic carbocycles. The Morgan fingerprint density at radius 2 is 0.841 bits per heavy atom. The first-order valence-electron chi connectivity index (χ1n) is 21.7. The molecule has 13 rings (SSSR count). The van der Waals surface area contributed by atoms with Gasteiger partial charge in [0.2, 0.25) is 0 Å². The zero-order chi connectivity index (χ0) is 41.4. The summed E-state index contributed by atoms with van der Waals surface area (Å²) in [7, 11) is 0. The summed E-state index contributed by atoms with van der Waals surface area (Å²) in [5.74, 6) is 0. The number of benzene rings is 11. The zero-order valence-corrected chi connectivity index (χ0v) is 34.3. The van der Waals surface area contributed by atoms with Crippen molar-refractivity contribution in [2.24, 2.45) is 0 Å². The Morgan fingerprint density at radius 1 is 0.286 bits per heavy atom. The minimum atomic E-state index is 0.955. The molecule has 2 nitrogen and oxygen atoms in total. The van der Waals surface area contributed by atoms with E-state index in [1.165, 1.54) is 87.2 Å². The fourth-order valence-electron chi connectivity index (χ4n) is 10.3. The van der Waals surface area contributed by atoms with Gasteiger partial charge in [0.05, 0.1) is 16.9 Å². The lowest BCUT2D eigenvalue weighted by Gasteiger charge is -2.20. The monoisotopic (exact) mass is 798 g/mol. The molecule has 0 saturated carbocycles. The Balaban J connectivity index is 1.10. The van der Waals surface area contributed by atoms with Crippen LogP contribution < -0.4 is 0 Å². The van der Waals surface area contributed by atoms with Crippen LogP contribution in [0.25, 0.3) is 126 Å². The molecule has 0 aliphatic heterocycles. The molecule has 0 saturated heterocycles. The van der Waals surface area contributed by atoms with Crippen LogP contribution in [0.15, 0.2) is 231 Å². The Bertz CT molecular complexity index is 3950. The summed E-state index contributed by atoms with van der Waals surface area (Å²) in [5, 5.41) is 13.4. The van der Waals surface area contributed by atoms with Crippen molar-refractivity contribution in [2.45, 2.75) is 0 Å². The van der Waals surface area contributed by atoms with Crippen molar-refractivity contribution in [3.05, 3.63) is 231 Å². The molecule has 0 radical (unpaired) electrons. The highest BCUT2D eigenvalue weighted by molar-refractivity contribution is 6.24. The van der Waals surface area contributed by atoms with Gasteiger partial charge < -0.3 is 0 Å². The van der Waals surface area contributed by atoms with Crippen molar-refractivity contribution in [3.8, 4) is 55.9 Å². The van der Waals surface area contributed by atoms with E-state index in [1.807, 2.05) is 0 Å². The number of aromatic nitrogens is 2. The lowest BCUT2D eigenvalue weighted by Crippen LogP contribution is -1.95. The van der Waals surface area contributed by atoms with E-state index < -0.39 is 0 Å². The molecular formula is C61H38N2. The van der Waals surface area contributed by atoms with Gasteiger partial charge in [-0.1, -0.05) is 200 Å². The fraction of sp³-hybridized carbons (Fsp3) is 0. The van der Waals surface area contributed by atoms with Gasteiger partial charge in [-0.3, -0.25) is 4.40 Å². The number of hydrogen-bond acceptors (Lipinski definition) is 1. The van der Waals surface area contributed by atoms with E-state index in [4.69, 9.17) is 4.98 Å². The molecule has 292 valence electrons. The summed E-state index contributed by atoms with van der Waals surface area (Å²) >= 11 is 0. The van der Waals surface area contributed by atoms with E-state index >= 15 is 0 Å². The average Bonchev–Trinajstić information content (AvgIpc) is 3.77. The van der Waals surface area contributed by atoms with Crippen LogP contribution in [-0.2, 0) is 0 Å². The van der Waals surface area contributed by atoms with Crippen LogP contribution in [0.3, 0.4) is 0 Å². The third-order valence-corrected chi connectivity index (χ3v) is 13.1. The molecule has 2 aromatic heterocycles. The van der Waals surface area contributed by atoms with Gasteiger partial charge in [0.1, 0.15) is 5.65 Å². The van der Waals surface area contributed by atoms with E-state index in [0.29, 0.717) is 0 Å². The summed E-state index contributed by atoms with van der Waals surface area (Å²) in [4.78, 5) is 5.50. The minimum Gasteiger partial charge on any atom is -0.291 e. The van der Waals surface area contributed by atoms with Gasteiger partial charge in [-0.05, 0) is 112 Å². The normalized spacial score (nSPS) is 11.8. The molecule has 0 spiro atoms. The maximum absolute atomic E-state index is 5.50. The summed E-state index contributed by atoms with van der Waals surface area (Å²) in [5.41, 5.74) is 13.7. The van der Waals surface area contributed by atoms with Crippen molar-refractivity contribution >= 4 is 70.4 Å². The Hall–Kier alpha value is -8.33. The fourth-order valence-corrected chi connectivity index (χ4v) is 10.3. The van der Waals surface area contributed by atoms with Gasteiger partial charge in [0, 0.05) is 21.9 Å². The van der Waals surface area contributed by atoms with Crippen LogP contribution in [0.5, 0.6) is 0 Å². The van der Waals surface area contributed by atoms with Gasteiger partial charge in [-0.15, -0.1) is 0 Å². The summed E-state index contributed by atoms with van der Waals surface area (Å²) < 4.78 is 2.38. The Kier molecular flexibility index (Phi) is 7.94. The summed E-state index contributed by atoms with van der Waals surface area (Å²) in [6.45, 7) is 0. The lowest BCUT2D eigenvalue weighted by atomic mass is 9.83. The first kappa shape index (κ1) is 35.4. The second-order valence-corrected chi connectivity index (χ2v) is 16.6. The number of nitrogens with zero attached hydrogens (tertiary/aromatic N) is 2. The second kappa shape index (κ2) is 14.1. The largest absolute Gasteiger partial charge is 0.291 e. The number of pyridine rings is 1. The number of imidazole rings is 1. The topological polar surface area (TPSA) is 17.3 Å². The third-order valence-electron chi connectivity index (χ3n) is 13.1. The zero-order valence-electron chi connectivity index (χ0n) is 34.3. The number of rotatable bonds is 5. The van der Waals surface area contributed by atoms with Crippen molar-refractivity contribution < 1.29 is 0 Å². The number of para-hydroxylation sites is 1. The maximum Gasteiger partial charge on any atom is 0.146 e. The van der Waals surface area contributed by atoms with Gasteiger partial charge in [0.15, 0.2) is 0 Å². The molecule has 0 aliphatic carbocycles. The van der Waals surface area contributed by atoms with Crippen molar-refractivity contribution in [1.82, 2.24) is 9.38 Å². The SMILES string of the molecule is c1ccc(-c2nc3c4ccc(-c5ccc6c(-c7cccc8ccccc78)c7ccccc7c(-c7ccc8ccccc8c7)c6c5)cc4c4ccccc4n3c2-c2ccccc2)cc1. The molecule has 13 aromatic rings. The first-order valence-corrected chi connectivity index (χ1v) is 21.7. The van der Waals surface area contributed by atoms with E-state index in [2.05, 4.69) is 235 Å². The predicted octanol–water partition coefficient (Wildman–Crippen LogP) is 16.6. The number of fused-ring (bicyclic) bond motifs is 10. The van der Waals surface area contributed by atoms with Crippen LogP contribution in [-0.4, -0.2) is 9.38 Å². The quantitative estimate of drug-likeness (QED) is 0.125. The molecule has 0 fully saturated rings. The first-order chi connectivity index (χ1) is 31.3. The molecule has 0 amide bonds. The van der Waals surface area contributed by atoms with E-state index in [1.54, 1.807) is 0 Å². The predicted molar refractivity (Wildman–Crippen MR) is 267 cm³/mol. The second-order valence-electron chi connectivity index (χ2n) is 16.6. The van der Waals surface area contributed by atoms with Crippen LogP contribution in [0.4, 0.5) is 0 Å². The average molecular weight is 799 g/mol. The summed E-state index contributed by atoms with van der Waals surface area (Å²) in [6.07, 6.45) is 0. The maximum atomic E-state index is 5.50. The van der Waals surface area contributed by atoms with Crippen LogP contribution in [0.2, 0.25) is 0 Å². The molecule has 2 heteroatoms. The summed E-state index contributed by atoms with van der Waals surface area (Å²) in [6, 6.07) is 84.3. The van der Waals surface area contributed by atoms with Crippen LogP contribution >= 0.6 is 0 Å². The van der Waals surface area contributed by atoms with Gasteiger partial charge >= 0.3 is 0 Å². The molecular weight excluding hydrogens is 761 g/mol. The highest BCUT2D eigenvalue weighted by Crippen LogP contribution is 2.47. The lowest BCUT2D eigenvalue weighted by molar-refractivity contribution is 1.27. The molecule has 63 heavy (non-hydrogen) atoms. The number of hydrogen-bond donors (Lipinski definition) is 0. The van der Waals surface area contributed by atoms with E-state index in [0.717, 1.165) is 39.1 Å². The van der Waals surface area contributed by atoms with Crippen molar-refractivity contribution in [3.63, 3.8) is 0 Å². The van der Waals surface area contributed by atoms with Gasteiger partial charge in [0.25, 0.3) is 0 Å². The molecule has 0 atom stereocenters. The molecule has 0 N–H and O–H groups in total. The highest BCUT2D eigenvalue weighted by Gasteiger charge is 2.22. The van der Waals surface area contributed by atoms with E-state index in [-0.39, 0.29) is 0 Å². The van der Waals surface area contributed by atoms with Crippen molar-refractivity contribution in [1.29, 1.82) is 0 Å². The smallest absolute Gasteiger partial charge is 0.146 e. The van der Waals surface area contributed by atoms with Crippen LogP contribution in [0.1, 0.15) is 0 Å². The molecule has 0 aliphatic rings. The third kappa shape index (κ3) is 5.55. The Morgan fingerprint density at radius 3 is 1.62 bits per heavy atom. The highest BCUT2D eigenvalue weighted by atomic mass is 15.0. The Labute approximate surface area is 364 Å². The molecule has 0 unspecified atom stereocenters. The standard InChI is InChI=1S/C61H38N2/c1-3-18-41(19-4-1)59-60(42-20-5-2-6-21-42)63-56-29-14-13-25-48(56)54-37-44(33-35-53(54)61(63)62-59)45-32-34-52-55(38-45)57(46-31-30-39-16-7-8-22-43(39)36-46)50-26-11-12-27-51(50)58(52)49-28-15-23-40-17-9-10-24-47(40)49/h1-38H. The van der Waals surface area contributed by atoms with Crippen LogP contribution in [0, 0.1) is 0 Å². The van der Waals surface area contributed by atoms with Gasteiger partial charge in [-0.2, -0.15) is 0 Å². The van der Waals surface area contributed by atoms with Gasteiger partial charge in [-0.25, -0.2) is 4.98 Å². The minimum absolute atomic E-state index is 0.955. The van der Waals surface area contributed by atoms with E-state index in [9.17, 15) is 0 Å². The van der Waals surface area contributed by atoms with Crippen molar-refractivity contribution in [2.75, 3.05) is 0 Å². The molecule has 2 heterocycles.